The largest absolute Gasteiger partial charge is 0.493 e. The predicted molar refractivity (Wildman–Crippen MR) is 109 cm³/mol. The minimum absolute atomic E-state index is 0.308. The van der Waals surface area contributed by atoms with Crippen molar-refractivity contribution in [2.24, 2.45) is 0 Å². The molecule has 0 saturated carbocycles. The first kappa shape index (κ1) is 21.5. The molecular weight excluding hydrogens is 388 g/mol. The molecule has 3 rings (SSSR count). The molecule has 0 fully saturated rings. The van der Waals surface area contributed by atoms with Crippen LogP contribution in [0.5, 0.6) is 5.75 Å². The van der Waals surface area contributed by atoms with E-state index < -0.39 is 12.1 Å². The van der Waals surface area contributed by atoms with Crippen LogP contribution in [0.1, 0.15) is 17.5 Å². The van der Waals surface area contributed by atoms with Gasteiger partial charge < -0.3 is 28.8 Å². The van der Waals surface area contributed by atoms with Crippen molar-refractivity contribution < 1.29 is 33.6 Å². The molecule has 2 aromatic carbocycles. The Hall–Kier alpha value is -3.19. The standard InChI is InChI=1S/C23H26O7/c1-26-20(23(24)25)14-18-8-10-19(11-9-18)27-12-5-13-28-22-16-29-21(30-22)15-17-6-3-2-4-7-17/h2-4,6-11,16,20-21H,5,12-15H2,1H3,(H,24,25)/t20-,21?/m0/s1. The fraction of sp³-hybridized carbons (Fsp3) is 0.348. The lowest BCUT2D eigenvalue weighted by Gasteiger charge is -2.12. The number of carboxylic acids is 1. The molecule has 0 spiro atoms. The number of aliphatic carboxylic acids is 1. The van der Waals surface area contributed by atoms with E-state index in [1.165, 1.54) is 13.4 Å². The number of carboxylic acid groups (broad SMARTS) is 1. The highest BCUT2D eigenvalue weighted by atomic mass is 16.8. The van der Waals surface area contributed by atoms with E-state index in [2.05, 4.69) is 0 Å². The van der Waals surface area contributed by atoms with Crippen LogP contribution in [0.25, 0.3) is 0 Å². The van der Waals surface area contributed by atoms with Crippen molar-refractivity contribution in [3.05, 3.63) is 77.9 Å². The van der Waals surface area contributed by atoms with Crippen LogP contribution >= 0.6 is 0 Å². The van der Waals surface area contributed by atoms with Crippen molar-refractivity contribution in [2.75, 3.05) is 20.3 Å². The van der Waals surface area contributed by atoms with Crippen molar-refractivity contribution in [2.45, 2.75) is 31.7 Å². The normalized spacial score (nSPS) is 16.2. The van der Waals surface area contributed by atoms with Gasteiger partial charge in [0, 0.05) is 26.4 Å². The molecule has 0 amide bonds. The summed E-state index contributed by atoms with van der Waals surface area (Å²) in [6.45, 7) is 0.927. The molecule has 160 valence electrons. The highest BCUT2D eigenvalue weighted by molar-refractivity contribution is 5.72. The molecule has 1 unspecified atom stereocenters. The molecule has 0 aromatic heterocycles. The second kappa shape index (κ2) is 11.1. The zero-order chi connectivity index (χ0) is 21.2. The number of rotatable bonds is 12. The number of hydrogen-bond donors (Lipinski definition) is 1. The van der Waals surface area contributed by atoms with Gasteiger partial charge in [-0.2, -0.15) is 0 Å². The summed E-state index contributed by atoms with van der Waals surface area (Å²) in [6, 6.07) is 17.3. The number of carbonyl (C=O) groups is 1. The predicted octanol–water partition coefficient (Wildman–Crippen LogP) is 3.53. The van der Waals surface area contributed by atoms with E-state index in [1.807, 2.05) is 54.6 Å². The molecule has 1 aliphatic rings. The lowest BCUT2D eigenvalue weighted by atomic mass is 10.1. The van der Waals surface area contributed by atoms with Gasteiger partial charge in [-0.1, -0.05) is 42.5 Å². The van der Waals surface area contributed by atoms with E-state index >= 15 is 0 Å². The Bertz CT molecular complexity index is 817. The number of ether oxygens (including phenoxy) is 5. The minimum atomic E-state index is -0.976. The van der Waals surface area contributed by atoms with Gasteiger partial charge in [0.05, 0.1) is 13.2 Å². The van der Waals surface area contributed by atoms with E-state index in [0.717, 1.165) is 11.1 Å². The smallest absolute Gasteiger partial charge is 0.333 e. The lowest BCUT2D eigenvalue weighted by molar-refractivity contribution is -0.148. The summed E-state index contributed by atoms with van der Waals surface area (Å²) in [5.74, 6) is 0.119. The van der Waals surface area contributed by atoms with Crippen molar-refractivity contribution in [3.8, 4) is 5.75 Å². The summed E-state index contributed by atoms with van der Waals surface area (Å²) in [7, 11) is 1.39. The van der Waals surface area contributed by atoms with E-state index in [-0.39, 0.29) is 6.29 Å². The molecule has 30 heavy (non-hydrogen) atoms. The van der Waals surface area contributed by atoms with Gasteiger partial charge in [-0.3, -0.25) is 0 Å². The molecule has 0 saturated heterocycles. The molecular formula is C23H26O7. The van der Waals surface area contributed by atoms with Crippen LogP contribution in [-0.2, 0) is 36.6 Å². The second-order valence-corrected chi connectivity index (χ2v) is 6.77. The van der Waals surface area contributed by atoms with Crippen LogP contribution in [-0.4, -0.2) is 43.8 Å². The van der Waals surface area contributed by atoms with E-state index in [9.17, 15) is 4.79 Å². The molecule has 0 bridgehead atoms. The Kier molecular flexibility index (Phi) is 7.97. The summed E-state index contributed by atoms with van der Waals surface area (Å²) in [5, 5.41) is 9.03. The van der Waals surface area contributed by atoms with Crippen LogP contribution in [0.2, 0.25) is 0 Å². The summed E-state index contributed by atoms with van der Waals surface area (Å²) in [5.41, 5.74) is 2.01. The SMILES string of the molecule is CO[C@@H](Cc1ccc(OCCCOC2=COC(Cc3ccccc3)O2)cc1)C(=O)O. The summed E-state index contributed by atoms with van der Waals surface area (Å²) in [6.07, 6.45) is 1.92. The van der Waals surface area contributed by atoms with Crippen LogP contribution in [0.4, 0.5) is 0 Å². The third-order valence-electron chi connectivity index (χ3n) is 4.51. The van der Waals surface area contributed by atoms with E-state index in [1.54, 1.807) is 0 Å². The number of methoxy groups -OCH3 is 1. The highest BCUT2D eigenvalue weighted by Crippen LogP contribution is 2.19. The first-order valence-corrected chi connectivity index (χ1v) is 9.80. The van der Waals surface area contributed by atoms with E-state index in [0.29, 0.717) is 44.2 Å². The zero-order valence-corrected chi connectivity index (χ0v) is 16.9. The van der Waals surface area contributed by atoms with Gasteiger partial charge in [0.25, 0.3) is 0 Å². The van der Waals surface area contributed by atoms with Gasteiger partial charge in [0.15, 0.2) is 12.4 Å². The molecule has 1 N–H and O–H groups in total. The maximum atomic E-state index is 11.0. The highest BCUT2D eigenvalue weighted by Gasteiger charge is 2.21. The summed E-state index contributed by atoms with van der Waals surface area (Å²) in [4.78, 5) is 11.0. The average molecular weight is 414 g/mol. The minimum Gasteiger partial charge on any atom is -0.493 e. The first-order valence-electron chi connectivity index (χ1n) is 9.80. The molecule has 1 heterocycles. The monoisotopic (exact) mass is 414 g/mol. The van der Waals surface area contributed by atoms with Crippen LogP contribution < -0.4 is 4.74 Å². The van der Waals surface area contributed by atoms with Gasteiger partial charge in [-0.05, 0) is 23.3 Å². The summed E-state index contributed by atoms with van der Waals surface area (Å²) >= 11 is 0. The van der Waals surface area contributed by atoms with Crippen LogP contribution in [0, 0.1) is 0 Å². The van der Waals surface area contributed by atoms with Crippen molar-refractivity contribution in [3.63, 3.8) is 0 Å². The molecule has 2 aromatic rings. The molecule has 7 nitrogen and oxygen atoms in total. The molecule has 7 heteroatoms. The van der Waals surface area contributed by atoms with Crippen molar-refractivity contribution in [1.82, 2.24) is 0 Å². The average Bonchev–Trinajstić information content (AvgIpc) is 3.20. The topological polar surface area (TPSA) is 83.5 Å². The Labute approximate surface area is 175 Å². The maximum absolute atomic E-state index is 11.0. The Morgan fingerprint density at radius 1 is 1.03 bits per heavy atom. The van der Waals surface area contributed by atoms with Gasteiger partial charge in [-0.15, -0.1) is 0 Å². The van der Waals surface area contributed by atoms with Gasteiger partial charge in [0.2, 0.25) is 6.29 Å². The van der Waals surface area contributed by atoms with Gasteiger partial charge in [-0.25, -0.2) is 4.79 Å². The number of benzene rings is 2. The summed E-state index contributed by atoms with van der Waals surface area (Å²) < 4.78 is 27.3. The third kappa shape index (κ3) is 6.70. The van der Waals surface area contributed by atoms with Gasteiger partial charge in [0.1, 0.15) is 5.75 Å². The van der Waals surface area contributed by atoms with Crippen LogP contribution in [0.15, 0.2) is 66.8 Å². The number of hydrogen-bond acceptors (Lipinski definition) is 6. The Morgan fingerprint density at radius 3 is 2.47 bits per heavy atom. The fourth-order valence-electron chi connectivity index (χ4n) is 2.91. The first-order chi connectivity index (χ1) is 14.6. The molecule has 1 aliphatic heterocycles. The van der Waals surface area contributed by atoms with Crippen molar-refractivity contribution >= 4 is 5.97 Å². The zero-order valence-electron chi connectivity index (χ0n) is 16.9. The molecule has 0 radical (unpaired) electrons. The molecule has 2 atom stereocenters. The third-order valence-corrected chi connectivity index (χ3v) is 4.51. The Morgan fingerprint density at radius 2 is 1.77 bits per heavy atom. The fourth-order valence-corrected chi connectivity index (χ4v) is 2.91. The second-order valence-electron chi connectivity index (χ2n) is 6.77. The van der Waals surface area contributed by atoms with Crippen LogP contribution in [0.3, 0.4) is 0 Å². The maximum Gasteiger partial charge on any atom is 0.333 e. The lowest BCUT2D eigenvalue weighted by Crippen LogP contribution is -2.24. The van der Waals surface area contributed by atoms with Gasteiger partial charge >= 0.3 is 11.9 Å². The quantitative estimate of drug-likeness (QED) is 0.532. The van der Waals surface area contributed by atoms with Crippen molar-refractivity contribution in [1.29, 1.82) is 0 Å². The Balaban J connectivity index is 1.30. The van der Waals surface area contributed by atoms with E-state index in [4.69, 9.17) is 28.8 Å². The molecule has 0 aliphatic carbocycles.